The number of ether oxygens (including phenoxy) is 2. The Morgan fingerprint density at radius 3 is 2.26 bits per heavy atom. The number of hydrogen-bond acceptors (Lipinski definition) is 4. The summed E-state index contributed by atoms with van der Waals surface area (Å²) in [6.45, 7) is 8.64. The smallest absolute Gasteiger partial charge is 0.411 e. The van der Waals surface area contributed by atoms with E-state index >= 15 is 0 Å². The van der Waals surface area contributed by atoms with E-state index in [1.54, 1.807) is 0 Å². The summed E-state index contributed by atoms with van der Waals surface area (Å²) in [7, 11) is 0. The molecule has 6 heteroatoms. The Kier molecular flexibility index (Phi) is 20.1. The van der Waals surface area contributed by atoms with Gasteiger partial charge < -0.3 is 39.2 Å². The van der Waals surface area contributed by atoms with Gasteiger partial charge in [-0.15, -0.1) is 0 Å². The molecule has 0 aliphatic rings. The van der Waals surface area contributed by atoms with Gasteiger partial charge in [-0.05, 0) is 13.3 Å². The zero-order valence-electron chi connectivity index (χ0n) is 12.7. The van der Waals surface area contributed by atoms with E-state index in [-0.39, 0.29) is 29.6 Å². The predicted octanol–water partition coefficient (Wildman–Crippen LogP) is -0.242. The Balaban J connectivity index is 0. The van der Waals surface area contributed by atoms with Crippen LogP contribution in [0, 0.1) is 0 Å². The van der Waals surface area contributed by atoms with Crippen LogP contribution in [-0.4, -0.2) is 48.7 Å². The van der Waals surface area contributed by atoms with Crippen molar-refractivity contribution >= 4 is 29.2 Å². The fourth-order valence-electron chi connectivity index (χ4n) is 1.56. The second-order valence-corrected chi connectivity index (χ2v) is 5.15. The maximum Gasteiger partial charge on any atom is 1.00 e. The monoisotopic (exact) mass is 315 g/mol. The standard InChI is InChI=1S/C13H27NO2S2.Na/c1-3-5-6-7-8-14(13(17)18)9-10-16-12-11-15-4-2;/h3-12H2,1-2H3,(H,17,18);/q;+1/p-1. The van der Waals surface area contributed by atoms with Crippen LogP contribution in [0.4, 0.5) is 0 Å². The summed E-state index contributed by atoms with van der Waals surface area (Å²) < 4.78 is 11.2. The van der Waals surface area contributed by atoms with E-state index in [0.29, 0.717) is 24.1 Å². The molecule has 0 heterocycles. The molecule has 0 N–H and O–H groups in total. The van der Waals surface area contributed by atoms with Crippen molar-refractivity contribution in [1.29, 1.82) is 0 Å². The number of unbranched alkanes of at least 4 members (excludes halogenated alkanes) is 3. The van der Waals surface area contributed by atoms with Gasteiger partial charge >= 0.3 is 29.6 Å². The predicted molar refractivity (Wildman–Crippen MR) is 83.0 cm³/mol. The summed E-state index contributed by atoms with van der Waals surface area (Å²) >= 11 is 10.2. The Hall–Kier alpha value is 1.03. The molecule has 0 aromatic carbocycles. The minimum atomic E-state index is 0. The second kappa shape index (κ2) is 17.1. The Morgan fingerprint density at radius 2 is 1.68 bits per heavy atom. The molecule has 0 fully saturated rings. The molecule has 3 nitrogen and oxygen atoms in total. The minimum Gasteiger partial charge on any atom is -0.411 e. The molecule has 0 aromatic heterocycles. The maximum absolute atomic E-state index is 5.47. The summed E-state index contributed by atoms with van der Waals surface area (Å²) in [6.07, 6.45) is 4.93. The summed E-state index contributed by atoms with van der Waals surface area (Å²) in [5.41, 5.74) is 0. The van der Waals surface area contributed by atoms with Crippen molar-refractivity contribution in [2.24, 2.45) is 0 Å². The molecule has 0 aromatic rings. The van der Waals surface area contributed by atoms with Crippen LogP contribution in [-0.2, 0) is 22.1 Å². The van der Waals surface area contributed by atoms with Gasteiger partial charge in [-0.3, -0.25) is 0 Å². The Bertz CT molecular complexity index is 209. The molecule has 0 rings (SSSR count). The first-order chi connectivity index (χ1) is 8.72. The molecule has 0 radical (unpaired) electrons. The third-order valence-corrected chi connectivity index (χ3v) is 3.14. The van der Waals surface area contributed by atoms with Crippen molar-refractivity contribution in [2.75, 3.05) is 39.5 Å². The molecule has 0 aliphatic carbocycles. The third kappa shape index (κ3) is 15.2. The van der Waals surface area contributed by atoms with Crippen LogP contribution in [0.5, 0.6) is 0 Å². The van der Waals surface area contributed by atoms with E-state index in [0.717, 1.165) is 26.1 Å². The van der Waals surface area contributed by atoms with Gasteiger partial charge in [0.05, 0.1) is 19.8 Å². The summed E-state index contributed by atoms with van der Waals surface area (Å²) in [5, 5.41) is 0. The molecule has 108 valence electrons. The number of rotatable bonds is 12. The summed E-state index contributed by atoms with van der Waals surface area (Å²) in [6, 6.07) is 0. The molecular formula is C13H26NNaO2S2. The van der Waals surface area contributed by atoms with E-state index in [4.69, 9.17) is 34.3 Å². The van der Waals surface area contributed by atoms with Crippen molar-refractivity contribution in [2.45, 2.75) is 39.5 Å². The molecule has 0 spiro atoms. The van der Waals surface area contributed by atoms with Crippen LogP contribution < -0.4 is 29.6 Å². The Labute approximate surface area is 151 Å². The number of hydrogen-bond donors (Lipinski definition) is 0. The largest absolute Gasteiger partial charge is 1.00 e. The van der Waals surface area contributed by atoms with E-state index in [2.05, 4.69) is 11.8 Å². The normalized spacial score (nSPS) is 10.0. The molecule has 0 unspecified atom stereocenters. The van der Waals surface area contributed by atoms with Crippen molar-refractivity contribution in [3.05, 3.63) is 0 Å². The van der Waals surface area contributed by atoms with Crippen molar-refractivity contribution in [3.63, 3.8) is 0 Å². The minimum absolute atomic E-state index is 0. The number of thiocarbonyl (C=S) groups is 1. The van der Waals surface area contributed by atoms with Crippen LogP contribution in [0.1, 0.15) is 39.5 Å². The molecule has 0 saturated carbocycles. The van der Waals surface area contributed by atoms with Crippen LogP contribution in [0.3, 0.4) is 0 Å². The van der Waals surface area contributed by atoms with Crippen LogP contribution in [0.25, 0.3) is 0 Å². The van der Waals surface area contributed by atoms with Gasteiger partial charge in [0, 0.05) is 19.7 Å². The van der Waals surface area contributed by atoms with Crippen molar-refractivity contribution in [1.82, 2.24) is 4.90 Å². The molecule has 19 heavy (non-hydrogen) atoms. The first kappa shape index (κ1) is 22.3. The molecule has 0 amide bonds. The zero-order chi connectivity index (χ0) is 13.6. The maximum atomic E-state index is 5.47. The summed E-state index contributed by atoms with van der Waals surface area (Å²) in [5.74, 6) is 0. The quantitative estimate of drug-likeness (QED) is 0.214. The third-order valence-electron chi connectivity index (χ3n) is 2.62. The van der Waals surface area contributed by atoms with Gasteiger partial charge in [0.1, 0.15) is 0 Å². The second-order valence-electron chi connectivity index (χ2n) is 4.12. The number of nitrogens with zero attached hydrogens (tertiary/aromatic N) is 1. The average molecular weight is 315 g/mol. The van der Waals surface area contributed by atoms with Crippen molar-refractivity contribution < 1.29 is 39.0 Å². The van der Waals surface area contributed by atoms with E-state index in [9.17, 15) is 0 Å². The van der Waals surface area contributed by atoms with E-state index in [1.807, 2.05) is 6.92 Å². The average Bonchev–Trinajstić information content (AvgIpc) is 2.35. The SMILES string of the molecule is CCCCCCN(CCOCCOCC)C(=S)[S-].[Na+]. The fourth-order valence-corrected chi connectivity index (χ4v) is 1.93. The molecule has 0 atom stereocenters. The molecule has 0 aliphatic heterocycles. The van der Waals surface area contributed by atoms with Gasteiger partial charge in [0.25, 0.3) is 0 Å². The Morgan fingerprint density at radius 1 is 1.00 bits per heavy atom. The van der Waals surface area contributed by atoms with Gasteiger partial charge in [0.2, 0.25) is 0 Å². The van der Waals surface area contributed by atoms with Crippen LogP contribution >= 0.6 is 12.2 Å². The molecular weight excluding hydrogens is 289 g/mol. The first-order valence-electron chi connectivity index (χ1n) is 6.83. The topological polar surface area (TPSA) is 21.7 Å². The molecule has 0 saturated heterocycles. The van der Waals surface area contributed by atoms with E-state index in [1.165, 1.54) is 19.3 Å². The van der Waals surface area contributed by atoms with Crippen LogP contribution in [0.15, 0.2) is 0 Å². The first-order valence-corrected chi connectivity index (χ1v) is 7.65. The van der Waals surface area contributed by atoms with Gasteiger partial charge in [-0.25, -0.2) is 0 Å². The van der Waals surface area contributed by atoms with Crippen molar-refractivity contribution in [3.8, 4) is 0 Å². The van der Waals surface area contributed by atoms with Crippen LogP contribution in [0.2, 0.25) is 0 Å². The van der Waals surface area contributed by atoms with Gasteiger partial charge in [-0.1, -0.05) is 30.5 Å². The molecule has 0 bridgehead atoms. The van der Waals surface area contributed by atoms with Gasteiger partial charge in [-0.2, -0.15) is 0 Å². The fraction of sp³-hybridized carbons (Fsp3) is 0.923. The van der Waals surface area contributed by atoms with E-state index < -0.39 is 0 Å². The van der Waals surface area contributed by atoms with Gasteiger partial charge in [0.15, 0.2) is 0 Å². The summed E-state index contributed by atoms with van der Waals surface area (Å²) in [4.78, 5) is 2.06. The zero-order valence-corrected chi connectivity index (χ0v) is 16.3.